The molecule has 0 aliphatic heterocycles. The Balaban J connectivity index is 2.53. The summed E-state index contributed by atoms with van der Waals surface area (Å²) in [4.78, 5) is 14.4. The van der Waals surface area contributed by atoms with Crippen LogP contribution in [0.25, 0.3) is 0 Å². The number of rotatable bonds is 4. The molecule has 0 N–H and O–H groups in total. The summed E-state index contributed by atoms with van der Waals surface area (Å²) in [5.41, 5.74) is 0. The maximum atomic E-state index is 12.3. The van der Waals surface area contributed by atoms with Crippen LogP contribution in [0.15, 0.2) is 0 Å². The first-order valence-corrected chi connectivity index (χ1v) is 7.54. The van der Waals surface area contributed by atoms with Gasteiger partial charge in [-0.05, 0) is 45.4 Å². The first-order chi connectivity index (χ1) is 7.56. The molecule has 0 aromatic heterocycles. The van der Waals surface area contributed by atoms with Gasteiger partial charge in [-0.1, -0.05) is 22.9 Å². The smallest absolute Gasteiger partial charge is 0.225 e. The van der Waals surface area contributed by atoms with E-state index in [2.05, 4.69) is 36.7 Å². The van der Waals surface area contributed by atoms with E-state index in [-0.39, 0.29) is 5.92 Å². The molecule has 0 saturated heterocycles. The van der Waals surface area contributed by atoms with E-state index in [1.165, 1.54) is 12.8 Å². The fourth-order valence-electron chi connectivity index (χ4n) is 2.46. The van der Waals surface area contributed by atoms with Gasteiger partial charge in [-0.3, -0.25) is 4.79 Å². The molecule has 1 rings (SSSR count). The summed E-state index contributed by atoms with van der Waals surface area (Å²) in [6.45, 7) is 7.33. The van der Waals surface area contributed by atoms with Gasteiger partial charge in [-0.25, -0.2) is 0 Å². The van der Waals surface area contributed by atoms with Crippen molar-refractivity contribution in [2.75, 3.05) is 11.9 Å². The number of hydrogen-bond donors (Lipinski definition) is 0. The summed E-state index contributed by atoms with van der Waals surface area (Å²) < 4.78 is 0. The van der Waals surface area contributed by atoms with Crippen LogP contribution in [-0.2, 0) is 4.79 Å². The Morgan fingerprint density at radius 2 is 1.88 bits per heavy atom. The van der Waals surface area contributed by atoms with E-state index in [0.717, 1.165) is 30.6 Å². The molecule has 0 unspecified atom stereocenters. The highest BCUT2D eigenvalue weighted by Crippen LogP contribution is 2.29. The zero-order chi connectivity index (χ0) is 12.1. The van der Waals surface area contributed by atoms with Crippen LogP contribution in [0, 0.1) is 11.8 Å². The number of carbonyl (C=O) groups excluding carboxylic acids is 1. The van der Waals surface area contributed by atoms with Gasteiger partial charge in [0.1, 0.15) is 0 Å². The lowest BCUT2D eigenvalue weighted by Crippen LogP contribution is -2.42. The SMILES string of the molecule is CC1CCC(C(=O)N(CCBr)C(C)C)CC1. The van der Waals surface area contributed by atoms with E-state index in [1.54, 1.807) is 0 Å². The van der Waals surface area contributed by atoms with Crippen LogP contribution in [0.4, 0.5) is 0 Å². The van der Waals surface area contributed by atoms with Gasteiger partial charge in [-0.15, -0.1) is 0 Å². The average molecular weight is 290 g/mol. The van der Waals surface area contributed by atoms with E-state index in [4.69, 9.17) is 0 Å². The Hall–Kier alpha value is -0.0500. The Morgan fingerprint density at radius 3 is 2.31 bits per heavy atom. The molecule has 0 bridgehead atoms. The highest BCUT2D eigenvalue weighted by Gasteiger charge is 2.28. The second-order valence-corrected chi connectivity index (χ2v) is 6.06. The molecule has 0 heterocycles. The van der Waals surface area contributed by atoms with Crippen LogP contribution < -0.4 is 0 Å². The minimum absolute atomic E-state index is 0.289. The molecule has 0 spiro atoms. The van der Waals surface area contributed by atoms with Crippen LogP contribution in [0.1, 0.15) is 46.5 Å². The molecule has 1 aliphatic carbocycles. The van der Waals surface area contributed by atoms with Gasteiger partial charge in [0.2, 0.25) is 5.91 Å². The van der Waals surface area contributed by atoms with Crippen LogP contribution in [0.2, 0.25) is 0 Å². The first kappa shape index (κ1) is 14.0. The van der Waals surface area contributed by atoms with Crippen molar-refractivity contribution < 1.29 is 4.79 Å². The third kappa shape index (κ3) is 3.76. The minimum atomic E-state index is 0.289. The number of carbonyl (C=O) groups is 1. The number of hydrogen-bond acceptors (Lipinski definition) is 1. The van der Waals surface area contributed by atoms with Gasteiger partial charge < -0.3 is 4.90 Å². The minimum Gasteiger partial charge on any atom is -0.339 e. The molecule has 16 heavy (non-hydrogen) atoms. The normalized spacial score (nSPS) is 25.8. The van der Waals surface area contributed by atoms with Crippen LogP contribution in [-0.4, -0.2) is 28.7 Å². The molecule has 3 heteroatoms. The average Bonchev–Trinajstić information content (AvgIpc) is 2.25. The topological polar surface area (TPSA) is 20.3 Å². The van der Waals surface area contributed by atoms with Gasteiger partial charge >= 0.3 is 0 Å². The van der Waals surface area contributed by atoms with Crippen molar-refractivity contribution in [3.63, 3.8) is 0 Å². The summed E-state index contributed by atoms with van der Waals surface area (Å²) in [6, 6.07) is 0.324. The lowest BCUT2D eigenvalue weighted by molar-refractivity contribution is -0.138. The fourth-order valence-corrected chi connectivity index (χ4v) is 2.84. The lowest BCUT2D eigenvalue weighted by Gasteiger charge is -2.33. The second kappa shape index (κ2) is 6.63. The second-order valence-electron chi connectivity index (χ2n) is 5.27. The third-order valence-corrected chi connectivity index (χ3v) is 3.95. The van der Waals surface area contributed by atoms with Crippen molar-refractivity contribution in [1.82, 2.24) is 4.90 Å². The van der Waals surface area contributed by atoms with E-state index in [1.807, 2.05) is 4.90 Å². The number of amides is 1. The largest absolute Gasteiger partial charge is 0.339 e. The quantitative estimate of drug-likeness (QED) is 0.726. The van der Waals surface area contributed by atoms with Gasteiger partial charge in [0.15, 0.2) is 0 Å². The summed E-state index contributed by atoms with van der Waals surface area (Å²) >= 11 is 3.43. The Labute approximate surface area is 108 Å². The van der Waals surface area contributed by atoms with Gasteiger partial charge in [0, 0.05) is 23.8 Å². The number of alkyl halides is 1. The first-order valence-electron chi connectivity index (χ1n) is 6.42. The fraction of sp³-hybridized carbons (Fsp3) is 0.923. The van der Waals surface area contributed by atoms with Crippen LogP contribution in [0.5, 0.6) is 0 Å². The molecule has 0 atom stereocenters. The van der Waals surface area contributed by atoms with Crippen molar-refractivity contribution in [3.05, 3.63) is 0 Å². The summed E-state index contributed by atoms with van der Waals surface area (Å²) in [5, 5.41) is 0.875. The van der Waals surface area contributed by atoms with Gasteiger partial charge in [0.05, 0.1) is 0 Å². The Morgan fingerprint density at radius 1 is 1.31 bits per heavy atom. The van der Waals surface area contributed by atoms with Crippen molar-refractivity contribution in [2.45, 2.75) is 52.5 Å². The van der Waals surface area contributed by atoms with E-state index in [9.17, 15) is 4.79 Å². The molecule has 0 aromatic rings. The van der Waals surface area contributed by atoms with E-state index in [0.29, 0.717) is 11.9 Å². The molecule has 2 nitrogen and oxygen atoms in total. The summed E-state index contributed by atoms with van der Waals surface area (Å²) in [5.74, 6) is 1.48. The van der Waals surface area contributed by atoms with E-state index >= 15 is 0 Å². The zero-order valence-electron chi connectivity index (χ0n) is 10.7. The highest BCUT2D eigenvalue weighted by molar-refractivity contribution is 9.09. The lowest BCUT2D eigenvalue weighted by atomic mass is 9.82. The maximum absolute atomic E-state index is 12.3. The maximum Gasteiger partial charge on any atom is 0.225 e. The molecule has 1 fully saturated rings. The Kier molecular flexibility index (Phi) is 5.81. The molecule has 1 aliphatic rings. The molecule has 0 aromatic carbocycles. The zero-order valence-corrected chi connectivity index (χ0v) is 12.3. The van der Waals surface area contributed by atoms with Gasteiger partial charge in [0.25, 0.3) is 0 Å². The summed E-state index contributed by atoms with van der Waals surface area (Å²) in [6.07, 6.45) is 4.62. The van der Waals surface area contributed by atoms with E-state index < -0.39 is 0 Å². The molecule has 1 amide bonds. The van der Waals surface area contributed by atoms with Crippen molar-refractivity contribution in [2.24, 2.45) is 11.8 Å². The van der Waals surface area contributed by atoms with Crippen molar-refractivity contribution >= 4 is 21.8 Å². The molecular weight excluding hydrogens is 266 g/mol. The standard InChI is InChI=1S/C13H24BrNO/c1-10(2)15(9-8-14)13(16)12-6-4-11(3)5-7-12/h10-12H,4-9H2,1-3H3. The van der Waals surface area contributed by atoms with Crippen molar-refractivity contribution in [3.8, 4) is 0 Å². The monoisotopic (exact) mass is 289 g/mol. The molecular formula is C13H24BrNO. The van der Waals surface area contributed by atoms with Gasteiger partial charge in [-0.2, -0.15) is 0 Å². The summed E-state index contributed by atoms with van der Waals surface area (Å²) in [7, 11) is 0. The predicted molar refractivity (Wildman–Crippen MR) is 71.8 cm³/mol. The van der Waals surface area contributed by atoms with Crippen LogP contribution >= 0.6 is 15.9 Å². The molecule has 94 valence electrons. The number of nitrogens with zero attached hydrogens (tertiary/aromatic N) is 1. The Bertz CT molecular complexity index is 222. The predicted octanol–water partition coefficient (Wildman–Crippen LogP) is 3.44. The highest BCUT2D eigenvalue weighted by atomic mass is 79.9. The molecule has 0 radical (unpaired) electrons. The molecule has 1 saturated carbocycles. The number of halogens is 1. The van der Waals surface area contributed by atoms with Crippen molar-refractivity contribution in [1.29, 1.82) is 0 Å². The third-order valence-electron chi connectivity index (χ3n) is 3.60. The van der Waals surface area contributed by atoms with Crippen LogP contribution in [0.3, 0.4) is 0 Å².